The first kappa shape index (κ1) is 39.0. The Hall–Kier alpha value is -5.81. The highest BCUT2D eigenvalue weighted by Crippen LogP contribution is 2.42. The Bertz CT molecular complexity index is 2660. The quantitative estimate of drug-likeness (QED) is 0.154. The van der Waals surface area contributed by atoms with E-state index in [1.165, 1.54) is 55.4 Å². The van der Waals surface area contributed by atoms with Gasteiger partial charge in [-0.3, -0.25) is 4.57 Å². The number of anilines is 2. The maximum absolute atomic E-state index is 6.71. The van der Waals surface area contributed by atoms with Gasteiger partial charge in [-0.15, -0.1) is 0 Å². The van der Waals surface area contributed by atoms with Gasteiger partial charge in [0.2, 0.25) is 0 Å². The minimum absolute atomic E-state index is 0.0272. The molecule has 0 N–H and O–H groups in total. The van der Waals surface area contributed by atoms with Crippen molar-refractivity contribution in [2.24, 2.45) is 0 Å². The van der Waals surface area contributed by atoms with E-state index >= 15 is 0 Å². The largest absolute Gasteiger partial charge is 0.457 e. The summed E-state index contributed by atoms with van der Waals surface area (Å²) in [6, 6.07) is 39.9. The highest BCUT2D eigenvalue weighted by Gasteiger charge is 2.23. The highest BCUT2D eigenvalue weighted by atomic mass is 16.5. The van der Waals surface area contributed by atoms with Crippen molar-refractivity contribution < 1.29 is 4.74 Å². The minimum atomic E-state index is -0.0272. The molecule has 1 aliphatic heterocycles. The first-order valence-corrected chi connectivity index (χ1v) is 20.9. The van der Waals surface area contributed by atoms with Gasteiger partial charge in [-0.25, -0.2) is 4.98 Å². The van der Waals surface area contributed by atoms with Gasteiger partial charge in [0.25, 0.3) is 0 Å². The summed E-state index contributed by atoms with van der Waals surface area (Å²) in [6.45, 7) is 25.7. The topological polar surface area (TPSA) is 33.5 Å². The molecule has 0 spiro atoms. The molecule has 5 nitrogen and oxygen atoms in total. The van der Waals surface area contributed by atoms with Crippen LogP contribution >= 0.6 is 0 Å². The summed E-state index contributed by atoms with van der Waals surface area (Å²) in [4.78, 5) is 9.58. The summed E-state index contributed by atoms with van der Waals surface area (Å²) in [5.41, 5.74) is 13.8. The van der Waals surface area contributed by atoms with Gasteiger partial charge < -0.3 is 14.5 Å². The van der Waals surface area contributed by atoms with E-state index in [4.69, 9.17) is 9.72 Å². The molecule has 0 bridgehead atoms. The molecular weight excluding hydrogens is 709 g/mol. The molecule has 8 rings (SSSR count). The molecule has 2 aromatic heterocycles. The molecule has 1 aliphatic rings. The lowest BCUT2D eigenvalue weighted by molar-refractivity contribution is 0.483. The predicted molar refractivity (Wildman–Crippen MR) is 246 cm³/mol. The van der Waals surface area contributed by atoms with Crippen molar-refractivity contribution in [3.63, 3.8) is 0 Å². The van der Waals surface area contributed by atoms with Gasteiger partial charge >= 0.3 is 0 Å². The van der Waals surface area contributed by atoms with Crippen LogP contribution in [-0.2, 0) is 10.8 Å². The number of rotatable bonds is 8. The zero-order chi connectivity index (χ0) is 41.1. The van der Waals surface area contributed by atoms with E-state index in [1.54, 1.807) is 0 Å². The van der Waals surface area contributed by atoms with Crippen LogP contribution in [0.15, 0.2) is 128 Å². The number of benzene rings is 5. The second-order valence-electron chi connectivity index (χ2n) is 18.7. The molecule has 0 aliphatic carbocycles. The van der Waals surface area contributed by atoms with E-state index in [1.807, 2.05) is 12.3 Å². The zero-order valence-corrected chi connectivity index (χ0v) is 36.2. The number of nitrogens with zero attached hydrogens (tertiary/aromatic N) is 4. The normalized spacial score (nSPS) is 13.5. The summed E-state index contributed by atoms with van der Waals surface area (Å²) in [5, 5.41) is 2.36. The second-order valence-corrected chi connectivity index (χ2v) is 18.7. The van der Waals surface area contributed by atoms with Crippen LogP contribution in [0.2, 0.25) is 0 Å². The third-order valence-corrected chi connectivity index (χ3v) is 11.7. The molecule has 7 aromatic rings. The lowest BCUT2D eigenvalue weighted by atomic mass is 9.85. The van der Waals surface area contributed by atoms with Gasteiger partial charge in [-0.1, -0.05) is 118 Å². The molecule has 0 saturated heterocycles. The summed E-state index contributed by atoms with van der Waals surface area (Å²) in [6.07, 6.45) is 6.26. The van der Waals surface area contributed by atoms with Crippen molar-refractivity contribution in [1.29, 1.82) is 0 Å². The highest BCUT2D eigenvalue weighted by molar-refractivity contribution is 6.10. The van der Waals surface area contributed by atoms with Gasteiger partial charge in [0.1, 0.15) is 17.3 Å². The number of ether oxygens (including phenoxy) is 1. The molecular formula is C53H58N4O. The van der Waals surface area contributed by atoms with Crippen molar-refractivity contribution in [3.8, 4) is 28.4 Å². The molecule has 0 amide bonds. The van der Waals surface area contributed by atoms with Crippen LogP contribution in [0.25, 0.3) is 38.8 Å². The number of pyridine rings is 1. The Kier molecular flexibility index (Phi) is 9.99. The van der Waals surface area contributed by atoms with Crippen molar-refractivity contribution in [1.82, 2.24) is 9.55 Å². The smallest absolute Gasteiger partial charge is 0.137 e. The first-order valence-electron chi connectivity index (χ1n) is 20.9. The Morgan fingerprint density at radius 1 is 0.603 bits per heavy atom. The monoisotopic (exact) mass is 766 g/mol. The van der Waals surface area contributed by atoms with Crippen LogP contribution in [0.5, 0.6) is 11.5 Å². The molecule has 3 heterocycles. The van der Waals surface area contributed by atoms with Crippen molar-refractivity contribution in [2.75, 3.05) is 16.5 Å². The number of fused-ring (bicyclic) bond motifs is 3. The van der Waals surface area contributed by atoms with Gasteiger partial charge in [-0.2, -0.15) is 0 Å². The fraction of sp³-hybridized carbons (Fsp3) is 0.302. The number of hydrogen-bond donors (Lipinski definition) is 0. The van der Waals surface area contributed by atoms with Crippen LogP contribution in [0, 0.1) is 6.92 Å². The van der Waals surface area contributed by atoms with Crippen molar-refractivity contribution in [3.05, 3.63) is 156 Å². The summed E-state index contributed by atoms with van der Waals surface area (Å²) < 4.78 is 9.04. The minimum Gasteiger partial charge on any atom is -0.457 e. The summed E-state index contributed by atoms with van der Waals surface area (Å²) in [5.74, 6) is 3.27. The third kappa shape index (κ3) is 7.39. The van der Waals surface area contributed by atoms with Gasteiger partial charge in [0.15, 0.2) is 0 Å². The fourth-order valence-corrected chi connectivity index (χ4v) is 8.41. The van der Waals surface area contributed by atoms with Crippen LogP contribution in [0.4, 0.5) is 11.4 Å². The van der Waals surface area contributed by atoms with Gasteiger partial charge in [-0.05, 0) is 117 Å². The summed E-state index contributed by atoms with van der Waals surface area (Å²) >= 11 is 0. The van der Waals surface area contributed by atoms with E-state index in [9.17, 15) is 0 Å². The summed E-state index contributed by atoms with van der Waals surface area (Å²) in [7, 11) is 0. The van der Waals surface area contributed by atoms with E-state index in [0.717, 1.165) is 40.7 Å². The zero-order valence-electron chi connectivity index (χ0n) is 36.2. The molecule has 58 heavy (non-hydrogen) atoms. The number of aromatic nitrogens is 2. The van der Waals surface area contributed by atoms with E-state index in [-0.39, 0.29) is 10.8 Å². The molecule has 5 aromatic carbocycles. The fourth-order valence-electron chi connectivity index (χ4n) is 8.41. The molecule has 0 radical (unpaired) electrons. The molecule has 0 atom stereocenters. The SMILES string of the molecule is Cc1cc(C(C)(C)C)ccc1N1C=CN(c2cccc(Oc3ccc4c5ccc(-c6c(C(C)C)cccc6C(C)C)cc5n(-c5cc(C(C)(C)C)ccn5)c4c3)c2)C1. The van der Waals surface area contributed by atoms with E-state index in [2.05, 4.69) is 206 Å². The van der Waals surface area contributed by atoms with Crippen LogP contribution in [0.3, 0.4) is 0 Å². The first-order chi connectivity index (χ1) is 27.6. The molecule has 0 unspecified atom stereocenters. The van der Waals surface area contributed by atoms with Crippen molar-refractivity contribution in [2.45, 2.75) is 98.8 Å². The Balaban J connectivity index is 1.18. The third-order valence-electron chi connectivity index (χ3n) is 11.7. The van der Waals surface area contributed by atoms with Crippen LogP contribution in [0.1, 0.15) is 109 Å². The standard InChI is InChI=1S/C53H58N4O/c1-34(2)43-16-13-17-44(35(3)4)51(43)37-18-21-45-46-22-20-42(32-49(46)57(48(45)29-37)50-30-39(24-25-54-50)53(9,10)11)58-41-15-12-14-40(31-41)55-26-27-56(33-55)47-23-19-38(28-36(47)5)52(6,7)8/h12-32,34-35H,33H2,1-11H3. The van der Waals surface area contributed by atoms with E-state index in [0.29, 0.717) is 11.8 Å². The lowest BCUT2D eigenvalue weighted by Gasteiger charge is -2.25. The van der Waals surface area contributed by atoms with Crippen LogP contribution < -0.4 is 14.5 Å². The maximum atomic E-state index is 6.71. The molecule has 0 saturated carbocycles. The molecule has 296 valence electrons. The van der Waals surface area contributed by atoms with Crippen LogP contribution in [-0.4, -0.2) is 16.2 Å². The number of hydrogen-bond acceptors (Lipinski definition) is 4. The maximum Gasteiger partial charge on any atom is 0.137 e. The van der Waals surface area contributed by atoms with Gasteiger partial charge in [0.05, 0.1) is 17.7 Å². The lowest BCUT2D eigenvalue weighted by Crippen LogP contribution is -2.25. The average Bonchev–Trinajstić information content (AvgIpc) is 3.80. The van der Waals surface area contributed by atoms with E-state index < -0.39 is 0 Å². The number of aryl methyl sites for hydroxylation is 1. The Morgan fingerprint density at radius 2 is 1.22 bits per heavy atom. The molecule has 0 fully saturated rings. The van der Waals surface area contributed by atoms with Crippen molar-refractivity contribution >= 4 is 33.2 Å². The molecule has 5 heteroatoms. The second kappa shape index (κ2) is 14.8. The van der Waals surface area contributed by atoms with Gasteiger partial charge in [0, 0.05) is 52.9 Å². The Morgan fingerprint density at radius 3 is 1.90 bits per heavy atom. The average molecular weight is 767 g/mol. The predicted octanol–water partition coefficient (Wildman–Crippen LogP) is 14.5. The Labute approximate surface area is 345 Å².